The summed E-state index contributed by atoms with van der Waals surface area (Å²) in [5, 5.41) is 2.76. The summed E-state index contributed by atoms with van der Waals surface area (Å²) in [6.07, 6.45) is 9.20. The van der Waals surface area contributed by atoms with Gasteiger partial charge in [-0.05, 0) is 17.9 Å². The number of nitrogens with one attached hydrogen (secondary N) is 1. The minimum absolute atomic E-state index is 0.0844. The van der Waals surface area contributed by atoms with Crippen LogP contribution >= 0.6 is 0 Å². The average Bonchev–Trinajstić information content (AvgIpc) is 2.41. The summed E-state index contributed by atoms with van der Waals surface area (Å²) in [4.78, 5) is 12.0. The summed E-state index contributed by atoms with van der Waals surface area (Å²) in [6, 6.07) is 9.97. The summed E-state index contributed by atoms with van der Waals surface area (Å²) in [5.41, 5.74) is 1.08. The normalized spacial score (nSPS) is 19.9. The van der Waals surface area contributed by atoms with Crippen LogP contribution in [0.1, 0.15) is 17.9 Å². The van der Waals surface area contributed by atoms with Gasteiger partial charge in [-0.1, -0.05) is 54.6 Å². The van der Waals surface area contributed by atoms with Crippen molar-refractivity contribution < 1.29 is 4.79 Å². The molecule has 1 aliphatic rings. The topological polar surface area (TPSA) is 29.1 Å². The molecule has 0 bridgehead atoms. The number of hydrogen-bond acceptors (Lipinski definition) is 1. The highest BCUT2D eigenvalue weighted by molar-refractivity contribution is 5.84. The molecule has 2 heteroatoms. The van der Waals surface area contributed by atoms with E-state index in [2.05, 4.69) is 17.5 Å². The van der Waals surface area contributed by atoms with E-state index >= 15 is 0 Å². The van der Waals surface area contributed by atoms with E-state index in [-0.39, 0.29) is 17.7 Å². The molecule has 2 rings (SSSR count). The first kappa shape index (κ1) is 11.6. The van der Waals surface area contributed by atoms with Gasteiger partial charge in [0.05, 0.1) is 5.92 Å². The molecule has 88 valence electrons. The molecule has 0 spiro atoms. The third kappa shape index (κ3) is 2.64. The number of carbonyl (C=O) groups is 1. The Labute approximate surface area is 102 Å². The number of carbonyl (C=O) groups excluding carboxylic acids is 1. The van der Waals surface area contributed by atoms with Gasteiger partial charge in [0.25, 0.3) is 0 Å². The van der Waals surface area contributed by atoms with Crippen LogP contribution in [0.2, 0.25) is 0 Å². The summed E-state index contributed by atoms with van der Waals surface area (Å²) < 4.78 is 0. The van der Waals surface area contributed by atoms with Crippen molar-refractivity contribution >= 4 is 5.91 Å². The van der Waals surface area contributed by atoms with Gasteiger partial charge in [-0.3, -0.25) is 4.79 Å². The van der Waals surface area contributed by atoms with E-state index in [1.807, 2.05) is 42.5 Å². The van der Waals surface area contributed by atoms with Gasteiger partial charge < -0.3 is 5.32 Å². The van der Waals surface area contributed by atoms with Crippen molar-refractivity contribution in [3.63, 3.8) is 0 Å². The number of benzene rings is 1. The molecule has 0 saturated carbocycles. The maximum atomic E-state index is 12.0. The third-order valence-electron chi connectivity index (χ3n) is 3.13. The SMILES string of the molecule is CNC(=O)C(c1ccccc1)C1C=CC=CC1. The molecule has 2 unspecified atom stereocenters. The summed E-state index contributed by atoms with van der Waals surface area (Å²) in [5.74, 6) is 0.242. The highest BCUT2D eigenvalue weighted by Crippen LogP contribution is 2.30. The lowest BCUT2D eigenvalue weighted by Crippen LogP contribution is -2.30. The smallest absolute Gasteiger partial charge is 0.227 e. The van der Waals surface area contributed by atoms with Crippen molar-refractivity contribution in [3.05, 3.63) is 60.2 Å². The summed E-state index contributed by atoms with van der Waals surface area (Å²) >= 11 is 0. The van der Waals surface area contributed by atoms with Crippen LogP contribution < -0.4 is 5.32 Å². The molecule has 1 amide bonds. The van der Waals surface area contributed by atoms with Crippen molar-refractivity contribution in [2.45, 2.75) is 12.3 Å². The second kappa shape index (κ2) is 5.48. The predicted octanol–water partition coefficient (Wildman–Crippen LogP) is 2.65. The van der Waals surface area contributed by atoms with Gasteiger partial charge in [0, 0.05) is 7.05 Å². The zero-order valence-electron chi connectivity index (χ0n) is 9.97. The van der Waals surface area contributed by atoms with Gasteiger partial charge in [-0.15, -0.1) is 0 Å². The predicted molar refractivity (Wildman–Crippen MR) is 69.6 cm³/mol. The Balaban J connectivity index is 2.28. The first-order valence-electron chi connectivity index (χ1n) is 5.93. The van der Waals surface area contributed by atoms with Crippen molar-refractivity contribution in [1.29, 1.82) is 0 Å². The molecule has 0 aliphatic heterocycles. The fraction of sp³-hybridized carbons (Fsp3) is 0.267. The Bertz CT molecular complexity index is 433. The zero-order chi connectivity index (χ0) is 12.1. The van der Waals surface area contributed by atoms with Crippen LogP contribution in [0.4, 0.5) is 0 Å². The molecule has 1 aliphatic carbocycles. The second-order valence-corrected chi connectivity index (χ2v) is 4.22. The maximum Gasteiger partial charge on any atom is 0.227 e. The summed E-state index contributed by atoms with van der Waals surface area (Å²) in [6.45, 7) is 0. The molecule has 2 atom stereocenters. The average molecular weight is 227 g/mol. The zero-order valence-corrected chi connectivity index (χ0v) is 9.97. The van der Waals surface area contributed by atoms with Crippen LogP contribution in [-0.2, 0) is 4.79 Å². The number of rotatable bonds is 3. The Morgan fingerprint density at radius 1 is 1.29 bits per heavy atom. The Hall–Kier alpha value is -1.83. The van der Waals surface area contributed by atoms with E-state index in [1.54, 1.807) is 7.05 Å². The Kier molecular flexibility index (Phi) is 3.76. The van der Waals surface area contributed by atoms with Gasteiger partial charge >= 0.3 is 0 Å². The van der Waals surface area contributed by atoms with Gasteiger partial charge in [-0.2, -0.15) is 0 Å². The van der Waals surface area contributed by atoms with Gasteiger partial charge in [0.2, 0.25) is 5.91 Å². The standard InChI is InChI=1S/C15H17NO/c1-16-15(17)14(12-8-4-2-5-9-12)13-10-6-3-7-11-13/h2-10,13-14H,11H2,1H3,(H,16,17). The lowest BCUT2D eigenvalue weighted by atomic mass is 9.81. The van der Waals surface area contributed by atoms with Crippen molar-refractivity contribution in [2.75, 3.05) is 7.05 Å². The highest BCUT2D eigenvalue weighted by atomic mass is 16.1. The quantitative estimate of drug-likeness (QED) is 0.845. The van der Waals surface area contributed by atoms with Gasteiger partial charge in [0.1, 0.15) is 0 Å². The second-order valence-electron chi connectivity index (χ2n) is 4.22. The molecule has 2 nitrogen and oxygen atoms in total. The molecule has 0 aromatic heterocycles. The molecule has 0 heterocycles. The van der Waals surface area contributed by atoms with Crippen molar-refractivity contribution in [3.8, 4) is 0 Å². The number of hydrogen-bond donors (Lipinski definition) is 1. The van der Waals surface area contributed by atoms with Crippen LogP contribution in [0, 0.1) is 5.92 Å². The van der Waals surface area contributed by atoms with E-state index in [9.17, 15) is 4.79 Å². The number of allylic oxidation sites excluding steroid dienone is 4. The molecule has 0 radical (unpaired) electrons. The van der Waals surface area contributed by atoms with E-state index in [0.29, 0.717) is 0 Å². The van der Waals surface area contributed by atoms with Gasteiger partial charge in [-0.25, -0.2) is 0 Å². The third-order valence-corrected chi connectivity index (χ3v) is 3.13. The molecular formula is C15H17NO. The Morgan fingerprint density at radius 2 is 2.06 bits per heavy atom. The Morgan fingerprint density at radius 3 is 2.65 bits per heavy atom. The molecule has 0 fully saturated rings. The minimum Gasteiger partial charge on any atom is -0.359 e. The summed E-state index contributed by atoms with van der Waals surface area (Å²) in [7, 11) is 1.70. The molecule has 0 saturated heterocycles. The molecular weight excluding hydrogens is 210 g/mol. The monoisotopic (exact) mass is 227 g/mol. The fourth-order valence-electron chi connectivity index (χ4n) is 2.26. The molecule has 1 aromatic carbocycles. The molecule has 1 N–H and O–H groups in total. The van der Waals surface area contributed by atoms with Gasteiger partial charge in [0.15, 0.2) is 0 Å². The number of likely N-dealkylation sites (N-methyl/N-ethyl adjacent to an activating group) is 1. The van der Waals surface area contributed by atoms with E-state index in [1.165, 1.54) is 0 Å². The van der Waals surface area contributed by atoms with Crippen LogP contribution in [0.5, 0.6) is 0 Å². The van der Waals surface area contributed by atoms with Crippen LogP contribution in [0.15, 0.2) is 54.6 Å². The molecule has 1 aromatic rings. The highest BCUT2D eigenvalue weighted by Gasteiger charge is 2.27. The van der Waals surface area contributed by atoms with Crippen molar-refractivity contribution in [1.82, 2.24) is 5.32 Å². The first-order valence-corrected chi connectivity index (χ1v) is 5.93. The fourth-order valence-corrected chi connectivity index (χ4v) is 2.26. The van der Waals surface area contributed by atoms with Crippen LogP contribution in [0.3, 0.4) is 0 Å². The van der Waals surface area contributed by atoms with E-state index in [0.717, 1.165) is 12.0 Å². The largest absolute Gasteiger partial charge is 0.359 e. The first-order chi connectivity index (χ1) is 8.33. The minimum atomic E-state index is -0.0950. The lowest BCUT2D eigenvalue weighted by Gasteiger charge is -2.24. The van der Waals surface area contributed by atoms with E-state index < -0.39 is 0 Å². The van der Waals surface area contributed by atoms with Crippen LogP contribution in [-0.4, -0.2) is 13.0 Å². The molecule has 17 heavy (non-hydrogen) atoms. The number of amides is 1. The maximum absolute atomic E-state index is 12.0. The van der Waals surface area contributed by atoms with Crippen LogP contribution in [0.25, 0.3) is 0 Å². The van der Waals surface area contributed by atoms with Crippen molar-refractivity contribution in [2.24, 2.45) is 5.92 Å². The lowest BCUT2D eigenvalue weighted by molar-refractivity contribution is -0.122. The van der Waals surface area contributed by atoms with E-state index in [4.69, 9.17) is 0 Å².